The van der Waals surface area contributed by atoms with Gasteiger partial charge in [0.2, 0.25) is 0 Å². The highest BCUT2D eigenvalue weighted by Crippen LogP contribution is 2.30. The molecule has 0 aliphatic rings. The molecule has 0 saturated carbocycles. The molecule has 0 spiro atoms. The molecule has 0 amide bonds. The van der Waals surface area contributed by atoms with E-state index in [9.17, 15) is 4.39 Å². The van der Waals surface area contributed by atoms with Crippen molar-refractivity contribution >= 4 is 17.3 Å². The van der Waals surface area contributed by atoms with E-state index in [1.54, 1.807) is 12.1 Å². The molecular weight excluding hydrogens is 269 g/mol. The van der Waals surface area contributed by atoms with Gasteiger partial charge in [0.25, 0.3) is 0 Å². The Bertz CT molecular complexity index is 572. The van der Waals surface area contributed by atoms with Crippen molar-refractivity contribution in [1.82, 2.24) is 0 Å². The van der Waals surface area contributed by atoms with E-state index < -0.39 is 5.82 Å². The van der Waals surface area contributed by atoms with Crippen molar-refractivity contribution in [2.24, 2.45) is 0 Å². The Morgan fingerprint density at radius 1 is 1.16 bits per heavy atom. The van der Waals surface area contributed by atoms with Crippen LogP contribution >= 0.6 is 11.6 Å². The van der Waals surface area contributed by atoms with E-state index in [-0.39, 0.29) is 11.4 Å². The van der Waals surface area contributed by atoms with Crippen molar-refractivity contribution < 1.29 is 13.9 Å². The van der Waals surface area contributed by atoms with Crippen LogP contribution in [-0.4, -0.2) is 7.11 Å². The first kappa shape index (κ1) is 13.5. The van der Waals surface area contributed by atoms with Crippen LogP contribution in [0.2, 0.25) is 5.02 Å². The van der Waals surface area contributed by atoms with Crippen molar-refractivity contribution in [3.63, 3.8) is 0 Å². The summed E-state index contributed by atoms with van der Waals surface area (Å²) >= 11 is 5.79. The van der Waals surface area contributed by atoms with Crippen LogP contribution in [-0.2, 0) is 6.61 Å². The monoisotopic (exact) mass is 281 g/mol. The van der Waals surface area contributed by atoms with Crippen LogP contribution in [0.4, 0.5) is 10.1 Å². The fourth-order valence-corrected chi connectivity index (χ4v) is 1.70. The van der Waals surface area contributed by atoms with Gasteiger partial charge in [0.1, 0.15) is 12.4 Å². The Morgan fingerprint density at radius 3 is 2.47 bits per heavy atom. The minimum absolute atomic E-state index is 0.0975. The van der Waals surface area contributed by atoms with E-state index in [0.29, 0.717) is 17.4 Å². The lowest BCUT2D eigenvalue weighted by atomic mass is 10.2. The van der Waals surface area contributed by atoms with Gasteiger partial charge >= 0.3 is 0 Å². The molecule has 0 aliphatic heterocycles. The fourth-order valence-electron chi connectivity index (χ4n) is 1.57. The van der Waals surface area contributed by atoms with Gasteiger partial charge < -0.3 is 15.2 Å². The van der Waals surface area contributed by atoms with E-state index in [4.69, 9.17) is 26.8 Å². The number of rotatable bonds is 4. The van der Waals surface area contributed by atoms with Crippen molar-refractivity contribution in [2.75, 3.05) is 12.8 Å². The summed E-state index contributed by atoms with van der Waals surface area (Å²) in [6, 6.07) is 9.85. The van der Waals surface area contributed by atoms with Gasteiger partial charge in [-0.2, -0.15) is 0 Å². The molecule has 2 aromatic rings. The number of halogens is 2. The van der Waals surface area contributed by atoms with Gasteiger partial charge in [-0.3, -0.25) is 0 Å². The maximum atomic E-state index is 13.4. The van der Waals surface area contributed by atoms with Gasteiger partial charge in [0.15, 0.2) is 11.6 Å². The van der Waals surface area contributed by atoms with E-state index in [1.165, 1.54) is 19.2 Å². The van der Waals surface area contributed by atoms with Crippen LogP contribution in [0, 0.1) is 5.82 Å². The molecule has 0 atom stereocenters. The summed E-state index contributed by atoms with van der Waals surface area (Å²) in [6.07, 6.45) is 0. The number of nitrogen functional groups attached to an aromatic ring is 1. The summed E-state index contributed by atoms with van der Waals surface area (Å²) in [4.78, 5) is 0. The zero-order valence-electron chi connectivity index (χ0n) is 10.3. The molecule has 0 saturated heterocycles. The van der Waals surface area contributed by atoms with E-state index in [0.717, 1.165) is 5.56 Å². The second-order valence-electron chi connectivity index (χ2n) is 3.94. The zero-order valence-corrected chi connectivity index (χ0v) is 11.1. The standard InChI is InChI=1S/C14H13ClFNO2/c1-18-13-7-14(12(17)6-11(13)16)19-8-9-2-4-10(15)5-3-9/h2-7H,8,17H2,1H3. The van der Waals surface area contributed by atoms with E-state index >= 15 is 0 Å². The Labute approximate surface area is 115 Å². The molecule has 0 heterocycles. The van der Waals surface area contributed by atoms with Crippen molar-refractivity contribution in [3.05, 3.63) is 52.8 Å². The number of hydrogen-bond acceptors (Lipinski definition) is 3. The number of nitrogens with two attached hydrogens (primary N) is 1. The fraction of sp³-hybridized carbons (Fsp3) is 0.143. The van der Waals surface area contributed by atoms with Crippen LogP contribution in [0.25, 0.3) is 0 Å². The molecule has 2 N–H and O–H groups in total. The Hall–Kier alpha value is -1.94. The highest BCUT2D eigenvalue weighted by atomic mass is 35.5. The first-order chi connectivity index (χ1) is 9.10. The van der Waals surface area contributed by atoms with Crippen LogP contribution in [0.15, 0.2) is 36.4 Å². The lowest BCUT2D eigenvalue weighted by Crippen LogP contribution is -2.00. The lowest BCUT2D eigenvalue weighted by molar-refractivity contribution is 0.303. The smallest absolute Gasteiger partial charge is 0.167 e. The predicted octanol–water partition coefficient (Wildman–Crippen LogP) is 3.65. The van der Waals surface area contributed by atoms with Gasteiger partial charge in [-0.15, -0.1) is 0 Å². The SMILES string of the molecule is COc1cc(OCc2ccc(Cl)cc2)c(N)cc1F. The van der Waals surface area contributed by atoms with Gasteiger partial charge in [-0.1, -0.05) is 23.7 Å². The van der Waals surface area contributed by atoms with Crippen LogP contribution in [0.1, 0.15) is 5.56 Å². The quantitative estimate of drug-likeness (QED) is 0.870. The van der Waals surface area contributed by atoms with E-state index in [1.807, 2.05) is 12.1 Å². The minimum Gasteiger partial charge on any atom is -0.494 e. The second-order valence-corrected chi connectivity index (χ2v) is 4.38. The summed E-state index contributed by atoms with van der Waals surface area (Å²) in [6.45, 7) is 0.316. The van der Waals surface area contributed by atoms with Crippen molar-refractivity contribution in [2.45, 2.75) is 6.61 Å². The molecule has 2 rings (SSSR count). The predicted molar refractivity (Wildman–Crippen MR) is 73.1 cm³/mol. The zero-order chi connectivity index (χ0) is 13.8. The van der Waals surface area contributed by atoms with Gasteiger partial charge in [-0.25, -0.2) is 4.39 Å². The summed E-state index contributed by atoms with van der Waals surface area (Å²) in [5, 5.41) is 0.659. The van der Waals surface area contributed by atoms with Gasteiger partial charge in [0.05, 0.1) is 12.8 Å². The second kappa shape index (κ2) is 5.80. The molecule has 2 aromatic carbocycles. The minimum atomic E-state index is -0.515. The molecule has 100 valence electrons. The molecule has 0 radical (unpaired) electrons. The molecule has 0 fully saturated rings. The maximum absolute atomic E-state index is 13.4. The maximum Gasteiger partial charge on any atom is 0.167 e. The van der Waals surface area contributed by atoms with Crippen molar-refractivity contribution in [3.8, 4) is 11.5 Å². The summed E-state index contributed by atoms with van der Waals surface area (Å²) < 4.78 is 23.8. The normalized spacial score (nSPS) is 10.3. The van der Waals surface area contributed by atoms with Gasteiger partial charge in [0, 0.05) is 17.2 Å². The van der Waals surface area contributed by atoms with Gasteiger partial charge in [-0.05, 0) is 17.7 Å². The third kappa shape index (κ3) is 3.29. The van der Waals surface area contributed by atoms with Crippen LogP contribution in [0.5, 0.6) is 11.5 Å². The molecule has 0 aromatic heterocycles. The summed E-state index contributed by atoms with van der Waals surface area (Å²) in [7, 11) is 1.39. The number of hydrogen-bond donors (Lipinski definition) is 1. The molecule has 19 heavy (non-hydrogen) atoms. The largest absolute Gasteiger partial charge is 0.494 e. The molecule has 5 heteroatoms. The summed E-state index contributed by atoms with van der Waals surface area (Å²) in [5.41, 5.74) is 6.86. The van der Waals surface area contributed by atoms with Crippen molar-refractivity contribution in [1.29, 1.82) is 0 Å². The first-order valence-corrected chi connectivity index (χ1v) is 5.98. The van der Waals surface area contributed by atoms with E-state index in [2.05, 4.69) is 0 Å². The highest BCUT2D eigenvalue weighted by Gasteiger charge is 2.09. The molecule has 0 bridgehead atoms. The van der Waals surface area contributed by atoms with Crippen LogP contribution in [0.3, 0.4) is 0 Å². The third-order valence-corrected chi connectivity index (χ3v) is 2.84. The average molecular weight is 282 g/mol. The topological polar surface area (TPSA) is 44.5 Å². The third-order valence-electron chi connectivity index (χ3n) is 2.59. The molecule has 0 aliphatic carbocycles. The highest BCUT2D eigenvalue weighted by molar-refractivity contribution is 6.30. The first-order valence-electron chi connectivity index (χ1n) is 5.60. The Morgan fingerprint density at radius 2 is 1.84 bits per heavy atom. The molecule has 0 unspecified atom stereocenters. The van der Waals surface area contributed by atoms with Crippen LogP contribution < -0.4 is 15.2 Å². The number of benzene rings is 2. The number of methoxy groups -OCH3 is 1. The number of anilines is 1. The number of ether oxygens (including phenoxy) is 2. The average Bonchev–Trinajstić information content (AvgIpc) is 2.40. The summed E-state index contributed by atoms with van der Waals surface area (Å²) in [5.74, 6) is -0.0349. The Balaban J connectivity index is 2.13. The Kier molecular flexibility index (Phi) is 4.12. The molecule has 3 nitrogen and oxygen atoms in total. The molecular formula is C14H13ClFNO2. The lowest BCUT2D eigenvalue weighted by Gasteiger charge is -2.11.